The van der Waals surface area contributed by atoms with Gasteiger partial charge in [0.2, 0.25) is 0 Å². The third-order valence-corrected chi connectivity index (χ3v) is 3.56. The van der Waals surface area contributed by atoms with Crippen LogP contribution in [0.4, 0.5) is 11.4 Å². The molecule has 0 aliphatic carbocycles. The molecule has 0 aliphatic heterocycles. The maximum Gasteiger partial charge on any atom is 0.292 e. The van der Waals surface area contributed by atoms with Crippen molar-refractivity contribution in [2.75, 3.05) is 5.32 Å². The van der Waals surface area contributed by atoms with Crippen molar-refractivity contribution in [3.8, 4) is 0 Å². The van der Waals surface area contributed by atoms with E-state index in [9.17, 15) is 10.1 Å². The lowest BCUT2D eigenvalue weighted by Gasteiger charge is -2.16. The minimum absolute atomic E-state index is 0.0204. The van der Waals surface area contributed by atoms with E-state index in [1.165, 1.54) is 6.07 Å². The van der Waals surface area contributed by atoms with Crippen LogP contribution in [0.25, 0.3) is 0 Å². The summed E-state index contributed by atoms with van der Waals surface area (Å²) in [6, 6.07) is 12.9. The predicted octanol–water partition coefficient (Wildman–Crippen LogP) is 4.84. The summed E-state index contributed by atoms with van der Waals surface area (Å²) in [6.07, 6.45) is 0. The first-order valence-electron chi connectivity index (χ1n) is 6.24. The number of aryl methyl sites for hydroxylation is 1. The molecule has 20 heavy (non-hydrogen) atoms. The summed E-state index contributed by atoms with van der Waals surface area (Å²) in [6.45, 7) is 3.90. The van der Waals surface area contributed by atoms with Crippen molar-refractivity contribution in [1.29, 1.82) is 0 Å². The first-order chi connectivity index (χ1) is 9.47. The zero-order chi connectivity index (χ0) is 14.7. The van der Waals surface area contributed by atoms with Crippen molar-refractivity contribution < 1.29 is 4.92 Å². The maximum atomic E-state index is 11.1. The van der Waals surface area contributed by atoms with Gasteiger partial charge in [-0.25, -0.2) is 0 Å². The molecule has 0 spiro atoms. The third kappa shape index (κ3) is 3.36. The molecule has 4 nitrogen and oxygen atoms in total. The molecular weight excluding hydrogens is 320 g/mol. The molecule has 0 aliphatic rings. The molecule has 0 saturated heterocycles. The Bertz CT molecular complexity index is 644. The number of nitro groups is 1. The summed E-state index contributed by atoms with van der Waals surface area (Å²) in [4.78, 5) is 10.7. The molecule has 2 rings (SSSR count). The van der Waals surface area contributed by atoms with Crippen molar-refractivity contribution in [3.63, 3.8) is 0 Å². The lowest BCUT2D eigenvalue weighted by molar-refractivity contribution is -0.384. The van der Waals surface area contributed by atoms with Gasteiger partial charge in [-0.1, -0.05) is 34.1 Å². The number of hydrogen-bond donors (Lipinski definition) is 1. The first kappa shape index (κ1) is 14.5. The van der Waals surface area contributed by atoms with E-state index < -0.39 is 0 Å². The smallest absolute Gasteiger partial charge is 0.292 e. The van der Waals surface area contributed by atoms with Crippen molar-refractivity contribution >= 4 is 27.3 Å². The number of nitro benzene ring substituents is 1. The second-order valence-electron chi connectivity index (χ2n) is 4.70. The van der Waals surface area contributed by atoms with Crippen molar-refractivity contribution in [2.24, 2.45) is 0 Å². The maximum absolute atomic E-state index is 11.1. The molecule has 0 fully saturated rings. The van der Waals surface area contributed by atoms with Gasteiger partial charge in [-0.05, 0) is 43.2 Å². The summed E-state index contributed by atoms with van der Waals surface area (Å²) in [5, 5.41) is 14.3. The van der Waals surface area contributed by atoms with Crippen LogP contribution in [-0.2, 0) is 0 Å². The van der Waals surface area contributed by atoms with Gasteiger partial charge < -0.3 is 5.32 Å². The number of halogens is 1. The number of benzene rings is 2. The van der Waals surface area contributed by atoms with Crippen LogP contribution in [0.15, 0.2) is 46.9 Å². The highest BCUT2D eigenvalue weighted by molar-refractivity contribution is 9.10. The molecule has 1 atom stereocenters. The fourth-order valence-corrected chi connectivity index (χ4v) is 2.43. The van der Waals surface area contributed by atoms with Crippen molar-refractivity contribution in [1.82, 2.24) is 0 Å². The van der Waals surface area contributed by atoms with Crippen LogP contribution in [-0.4, -0.2) is 4.92 Å². The molecule has 2 aromatic rings. The van der Waals surface area contributed by atoms with E-state index in [0.717, 1.165) is 15.6 Å². The van der Waals surface area contributed by atoms with E-state index in [2.05, 4.69) is 21.2 Å². The monoisotopic (exact) mass is 334 g/mol. The van der Waals surface area contributed by atoms with Gasteiger partial charge in [-0.3, -0.25) is 10.1 Å². The third-order valence-electron chi connectivity index (χ3n) is 3.07. The van der Waals surface area contributed by atoms with Crippen LogP contribution in [0, 0.1) is 17.0 Å². The Hall–Kier alpha value is -1.88. The Morgan fingerprint density at radius 2 is 2.00 bits per heavy atom. The van der Waals surface area contributed by atoms with E-state index in [1.807, 2.05) is 38.1 Å². The Balaban J connectivity index is 2.29. The highest BCUT2D eigenvalue weighted by Crippen LogP contribution is 2.29. The molecule has 0 amide bonds. The van der Waals surface area contributed by atoms with Crippen LogP contribution >= 0.6 is 15.9 Å². The summed E-state index contributed by atoms with van der Waals surface area (Å²) in [7, 11) is 0. The highest BCUT2D eigenvalue weighted by Gasteiger charge is 2.16. The fourth-order valence-electron chi connectivity index (χ4n) is 2.02. The van der Waals surface area contributed by atoms with E-state index >= 15 is 0 Å². The highest BCUT2D eigenvalue weighted by atomic mass is 79.9. The van der Waals surface area contributed by atoms with E-state index in [0.29, 0.717) is 5.69 Å². The van der Waals surface area contributed by atoms with Crippen molar-refractivity contribution in [3.05, 3.63) is 68.2 Å². The first-order valence-corrected chi connectivity index (χ1v) is 7.03. The van der Waals surface area contributed by atoms with Gasteiger partial charge in [0.15, 0.2) is 0 Å². The van der Waals surface area contributed by atoms with Gasteiger partial charge in [0.1, 0.15) is 5.69 Å². The minimum atomic E-state index is -0.366. The zero-order valence-electron chi connectivity index (χ0n) is 11.3. The van der Waals surface area contributed by atoms with Crippen LogP contribution in [0.2, 0.25) is 0 Å². The summed E-state index contributed by atoms with van der Waals surface area (Å²) in [5.74, 6) is 0. The quantitative estimate of drug-likeness (QED) is 0.642. The Morgan fingerprint density at radius 1 is 1.25 bits per heavy atom. The van der Waals surface area contributed by atoms with E-state index in [-0.39, 0.29) is 16.7 Å². The molecule has 0 aromatic heterocycles. The molecule has 0 radical (unpaired) electrons. The number of nitrogens with one attached hydrogen (secondary N) is 1. The fraction of sp³-hybridized carbons (Fsp3) is 0.200. The second-order valence-corrected chi connectivity index (χ2v) is 5.61. The number of nitrogens with zero attached hydrogens (tertiary/aromatic N) is 1. The Morgan fingerprint density at radius 3 is 2.65 bits per heavy atom. The molecule has 0 heterocycles. The zero-order valence-corrected chi connectivity index (χ0v) is 12.8. The molecule has 2 aromatic carbocycles. The number of rotatable bonds is 4. The molecular formula is C15H15BrN2O2. The molecule has 0 saturated carbocycles. The van der Waals surface area contributed by atoms with Crippen LogP contribution < -0.4 is 5.32 Å². The summed E-state index contributed by atoms with van der Waals surface area (Å²) in [5.41, 5.74) is 2.69. The number of hydrogen-bond acceptors (Lipinski definition) is 3. The van der Waals surface area contributed by atoms with Gasteiger partial charge in [0.05, 0.1) is 4.92 Å². The van der Waals surface area contributed by atoms with Crippen LogP contribution in [0.3, 0.4) is 0 Å². The van der Waals surface area contributed by atoms with Gasteiger partial charge in [0.25, 0.3) is 5.69 Å². The topological polar surface area (TPSA) is 55.2 Å². The average molecular weight is 335 g/mol. The lowest BCUT2D eigenvalue weighted by atomic mass is 10.1. The Kier molecular flexibility index (Phi) is 4.39. The molecule has 0 bridgehead atoms. The normalized spacial score (nSPS) is 11.9. The Labute approximate surface area is 126 Å². The second kappa shape index (κ2) is 6.05. The largest absolute Gasteiger partial charge is 0.373 e. The standard InChI is InChI=1S/C15H15BrN2O2/c1-10-6-7-15(18(19)20)14(8-10)17-11(2)12-4-3-5-13(16)9-12/h3-9,11,17H,1-2H3. The average Bonchev–Trinajstić information content (AvgIpc) is 2.38. The number of anilines is 1. The molecule has 104 valence electrons. The lowest BCUT2D eigenvalue weighted by Crippen LogP contribution is -2.08. The predicted molar refractivity (Wildman–Crippen MR) is 84.0 cm³/mol. The van der Waals surface area contributed by atoms with Gasteiger partial charge >= 0.3 is 0 Å². The SMILES string of the molecule is Cc1ccc([N+](=O)[O-])c(NC(C)c2cccc(Br)c2)c1. The molecule has 5 heteroatoms. The van der Waals surface area contributed by atoms with Crippen LogP contribution in [0.5, 0.6) is 0 Å². The summed E-state index contributed by atoms with van der Waals surface area (Å²) >= 11 is 3.43. The molecule has 1 unspecified atom stereocenters. The van der Waals surface area contributed by atoms with E-state index in [4.69, 9.17) is 0 Å². The van der Waals surface area contributed by atoms with Gasteiger partial charge in [0, 0.05) is 16.6 Å². The van der Waals surface area contributed by atoms with Gasteiger partial charge in [-0.15, -0.1) is 0 Å². The minimum Gasteiger partial charge on any atom is -0.373 e. The summed E-state index contributed by atoms with van der Waals surface area (Å²) < 4.78 is 0.988. The van der Waals surface area contributed by atoms with Gasteiger partial charge in [-0.2, -0.15) is 0 Å². The van der Waals surface area contributed by atoms with Crippen molar-refractivity contribution in [2.45, 2.75) is 19.9 Å². The van der Waals surface area contributed by atoms with Crippen LogP contribution in [0.1, 0.15) is 24.1 Å². The molecule has 1 N–H and O–H groups in total. The van der Waals surface area contributed by atoms with E-state index in [1.54, 1.807) is 12.1 Å².